The third-order valence-corrected chi connectivity index (χ3v) is 4.21. The van der Waals surface area contributed by atoms with Crippen LogP contribution in [0.1, 0.15) is 10.4 Å². The van der Waals surface area contributed by atoms with E-state index < -0.39 is 5.91 Å². The number of halogens is 2. The Bertz CT molecular complexity index is 933. The van der Waals surface area contributed by atoms with E-state index in [1.54, 1.807) is 30.3 Å². The highest BCUT2D eigenvalue weighted by Crippen LogP contribution is 2.35. The number of hydrogen-bond donors (Lipinski definition) is 1. The Labute approximate surface area is 147 Å². The van der Waals surface area contributed by atoms with E-state index in [0.29, 0.717) is 22.4 Å². The van der Waals surface area contributed by atoms with Gasteiger partial charge >= 0.3 is 0 Å². The Morgan fingerprint density at radius 2 is 1.71 bits per heavy atom. The van der Waals surface area contributed by atoms with Crippen LogP contribution in [-0.2, 0) is 0 Å². The average Bonchev–Trinajstić information content (AvgIpc) is 2.89. The molecule has 0 unspecified atom stereocenters. The molecule has 0 amide bonds. The molecule has 8 heteroatoms. The van der Waals surface area contributed by atoms with Crippen molar-refractivity contribution >= 4 is 45.8 Å². The topological polar surface area (TPSA) is 79.4 Å². The normalized spacial score (nSPS) is 10.8. The molecule has 1 heterocycles. The maximum Gasteiger partial charge on any atom is 0.283 e. The number of carbonyl (C=O) groups excluding carboxylic acids is 1. The van der Waals surface area contributed by atoms with Gasteiger partial charge in [-0.25, -0.2) is 0 Å². The first-order valence-electron chi connectivity index (χ1n) is 6.87. The predicted octanol–water partition coefficient (Wildman–Crippen LogP) is 3.63. The minimum Gasteiger partial charge on any atom is -0.493 e. The third kappa shape index (κ3) is 2.53. The van der Waals surface area contributed by atoms with E-state index in [2.05, 4.69) is 5.10 Å². The van der Waals surface area contributed by atoms with Gasteiger partial charge in [-0.15, -0.1) is 0 Å². The van der Waals surface area contributed by atoms with Gasteiger partial charge in [0.25, 0.3) is 5.91 Å². The maximum atomic E-state index is 12.8. The summed E-state index contributed by atoms with van der Waals surface area (Å²) in [6.07, 6.45) is 0. The van der Waals surface area contributed by atoms with E-state index in [-0.39, 0.29) is 21.4 Å². The molecule has 0 bridgehead atoms. The number of methoxy groups -OCH3 is 2. The Balaban J connectivity index is 2.20. The molecule has 2 N–H and O–H groups in total. The van der Waals surface area contributed by atoms with Crippen molar-refractivity contribution in [3.8, 4) is 11.5 Å². The third-order valence-electron chi connectivity index (χ3n) is 3.58. The van der Waals surface area contributed by atoms with Gasteiger partial charge in [-0.3, -0.25) is 4.79 Å². The molecule has 0 aliphatic rings. The zero-order chi connectivity index (χ0) is 17.4. The van der Waals surface area contributed by atoms with Crippen LogP contribution >= 0.6 is 23.2 Å². The van der Waals surface area contributed by atoms with Crippen molar-refractivity contribution in [3.05, 3.63) is 45.9 Å². The minimum atomic E-state index is -0.516. The fourth-order valence-electron chi connectivity index (χ4n) is 2.39. The summed E-state index contributed by atoms with van der Waals surface area (Å²) in [6, 6.07) is 8.11. The number of nitrogens with two attached hydrogens (primary N) is 1. The lowest BCUT2D eigenvalue weighted by atomic mass is 10.2. The van der Waals surface area contributed by atoms with Gasteiger partial charge in [0.1, 0.15) is 5.82 Å². The first-order valence-corrected chi connectivity index (χ1v) is 7.62. The second kappa shape index (κ2) is 6.22. The molecule has 0 radical (unpaired) electrons. The van der Waals surface area contributed by atoms with Crippen LogP contribution in [0.5, 0.6) is 11.5 Å². The summed E-state index contributed by atoms with van der Waals surface area (Å²) >= 11 is 12.2. The molecule has 0 aliphatic heterocycles. The predicted molar refractivity (Wildman–Crippen MR) is 93.4 cm³/mol. The maximum absolute atomic E-state index is 12.8. The second-order valence-corrected chi connectivity index (χ2v) is 5.74. The molecule has 0 aliphatic carbocycles. The number of anilines is 1. The summed E-state index contributed by atoms with van der Waals surface area (Å²) in [6.45, 7) is 0. The average molecular weight is 366 g/mol. The number of fused-ring (bicyclic) bond motifs is 1. The van der Waals surface area contributed by atoms with Crippen molar-refractivity contribution in [1.82, 2.24) is 9.78 Å². The lowest BCUT2D eigenvalue weighted by Crippen LogP contribution is -2.17. The van der Waals surface area contributed by atoms with Crippen molar-refractivity contribution < 1.29 is 14.3 Å². The molecular weight excluding hydrogens is 353 g/mol. The highest BCUT2D eigenvalue weighted by Gasteiger charge is 2.22. The summed E-state index contributed by atoms with van der Waals surface area (Å²) in [5.74, 6) is 0.613. The fourth-order valence-corrected chi connectivity index (χ4v) is 2.95. The smallest absolute Gasteiger partial charge is 0.283 e. The van der Waals surface area contributed by atoms with Crippen LogP contribution in [0.25, 0.3) is 10.9 Å². The zero-order valence-electron chi connectivity index (χ0n) is 12.8. The highest BCUT2D eigenvalue weighted by atomic mass is 35.5. The highest BCUT2D eigenvalue weighted by molar-refractivity contribution is 6.39. The van der Waals surface area contributed by atoms with Crippen molar-refractivity contribution in [2.45, 2.75) is 0 Å². The minimum absolute atomic E-state index is 0.138. The lowest BCUT2D eigenvalue weighted by Gasteiger charge is -2.07. The number of rotatable bonds is 3. The molecule has 6 nitrogen and oxygen atoms in total. The number of nitrogen functional groups attached to an aromatic ring is 1. The largest absolute Gasteiger partial charge is 0.493 e. The Morgan fingerprint density at radius 3 is 2.29 bits per heavy atom. The molecule has 24 heavy (non-hydrogen) atoms. The van der Waals surface area contributed by atoms with Gasteiger partial charge in [-0.05, 0) is 18.2 Å². The summed E-state index contributed by atoms with van der Waals surface area (Å²) in [5, 5.41) is 5.25. The first kappa shape index (κ1) is 16.4. The van der Waals surface area contributed by atoms with Crippen LogP contribution in [0.3, 0.4) is 0 Å². The molecule has 0 atom stereocenters. The van der Waals surface area contributed by atoms with Crippen LogP contribution in [0, 0.1) is 0 Å². The molecule has 3 aromatic rings. The van der Waals surface area contributed by atoms with E-state index in [9.17, 15) is 4.79 Å². The number of ether oxygens (including phenoxy) is 2. The van der Waals surface area contributed by atoms with Crippen LogP contribution in [0.4, 0.5) is 5.82 Å². The Hall–Kier alpha value is -2.44. The van der Waals surface area contributed by atoms with E-state index in [1.807, 2.05) is 0 Å². The lowest BCUT2D eigenvalue weighted by molar-refractivity contribution is 0.0949. The number of aromatic nitrogens is 2. The van der Waals surface area contributed by atoms with Gasteiger partial charge in [-0.2, -0.15) is 9.78 Å². The number of benzene rings is 2. The van der Waals surface area contributed by atoms with Crippen molar-refractivity contribution in [2.24, 2.45) is 0 Å². The molecule has 0 saturated heterocycles. The van der Waals surface area contributed by atoms with Gasteiger partial charge in [0.15, 0.2) is 11.5 Å². The van der Waals surface area contributed by atoms with Crippen molar-refractivity contribution in [3.63, 3.8) is 0 Å². The number of nitrogens with zero attached hydrogens (tertiary/aromatic N) is 2. The molecule has 2 aromatic carbocycles. The van der Waals surface area contributed by atoms with E-state index >= 15 is 0 Å². The first-order chi connectivity index (χ1) is 11.5. The van der Waals surface area contributed by atoms with Gasteiger partial charge in [0.05, 0.1) is 35.3 Å². The molecule has 3 rings (SSSR count). The van der Waals surface area contributed by atoms with E-state index in [4.69, 9.17) is 38.4 Å². The Morgan fingerprint density at radius 1 is 1.12 bits per heavy atom. The Kier molecular flexibility index (Phi) is 4.26. The number of carbonyl (C=O) groups is 1. The number of hydrogen-bond acceptors (Lipinski definition) is 5. The summed E-state index contributed by atoms with van der Waals surface area (Å²) in [7, 11) is 3.03. The summed E-state index contributed by atoms with van der Waals surface area (Å²) in [4.78, 5) is 12.8. The van der Waals surface area contributed by atoms with Crippen LogP contribution in [0.2, 0.25) is 10.0 Å². The van der Waals surface area contributed by atoms with E-state index in [0.717, 1.165) is 4.68 Å². The van der Waals surface area contributed by atoms with Crippen LogP contribution < -0.4 is 15.2 Å². The van der Waals surface area contributed by atoms with Gasteiger partial charge < -0.3 is 15.2 Å². The quantitative estimate of drug-likeness (QED) is 0.766. The van der Waals surface area contributed by atoms with Crippen molar-refractivity contribution in [1.29, 1.82) is 0 Å². The second-order valence-electron chi connectivity index (χ2n) is 4.92. The molecule has 124 valence electrons. The standard InChI is InChI=1S/C16H13Cl2N3O3/c1-23-12-6-8-11(7-13(12)24-2)20-21(15(8)19)16(22)14-9(17)4-3-5-10(14)18/h3-7H,19H2,1-2H3. The monoisotopic (exact) mass is 365 g/mol. The van der Waals surface area contributed by atoms with Gasteiger partial charge in [0, 0.05) is 11.5 Å². The molecule has 0 fully saturated rings. The van der Waals surface area contributed by atoms with Crippen LogP contribution in [0.15, 0.2) is 30.3 Å². The molecule has 1 aromatic heterocycles. The SMILES string of the molecule is COc1cc2nn(C(=O)c3c(Cl)cccc3Cl)c(N)c2cc1OC. The molecular formula is C16H13Cl2N3O3. The zero-order valence-corrected chi connectivity index (χ0v) is 14.4. The summed E-state index contributed by atoms with van der Waals surface area (Å²) < 4.78 is 11.5. The fraction of sp³-hybridized carbons (Fsp3) is 0.125. The summed E-state index contributed by atoms with van der Waals surface area (Å²) in [5.41, 5.74) is 6.72. The van der Waals surface area contributed by atoms with Gasteiger partial charge in [-0.1, -0.05) is 29.3 Å². The van der Waals surface area contributed by atoms with Crippen molar-refractivity contribution in [2.75, 3.05) is 20.0 Å². The van der Waals surface area contributed by atoms with E-state index in [1.165, 1.54) is 14.2 Å². The molecule has 0 spiro atoms. The van der Waals surface area contributed by atoms with Crippen LogP contribution in [-0.4, -0.2) is 29.9 Å². The van der Waals surface area contributed by atoms with Gasteiger partial charge in [0.2, 0.25) is 0 Å². The molecule has 0 saturated carbocycles.